The van der Waals surface area contributed by atoms with Gasteiger partial charge in [-0.1, -0.05) is 0 Å². The van der Waals surface area contributed by atoms with Crippen LogP contribution in [-0.4, -0.2) is 35.8 Å². The summed E-state index contributed by atoms with van der Waals surface area (Å²) in [5, 5.41) is 2.82. The molecule has 2 amide bonds. The van der Waals surface area contributed by atoms with E-state index in [9.17, 15) is 14.0 Å². The van der Waals surface area contributed by atoms with Crippen molar-refractivity contribution >= 4 is 29.9 Å². The molecule has 0 bridgehead atoms. The molecule has 3 rings (SSSR count). The van der Waals surface area contributed by atoms with Crippen LogP contribution in [0.15, 0.2) is 24.3 Å². The predicted octanol–water partition coefficient (Wildman–Crippen LogP) is 2.55. The molecule has 0 radical (unpaired) electrons. The molecule has 2 aliphatic rings. The van der Waals surface area contributed by atoms with E-state index in [1.807, 2.05) is 4.90 Å². The lowest BCUT2D eigenvalue weighted by Gasteiger charge is -2.33. The Labute approximate surface area is 153 Å². The number of hydrogen-bond donors (Lipinski definition) is 2. The number of nitrogens with two attached hydrogens (primary N) is 1. The van der Waals surface area contributed by atoms with Gasteiger partial charge in [0.05, 0.1) is 0 Å². The van der Waals surface area contributed by atoms with Gasteiger partial charge in [0.2, 0.25) is 11.8 Å². The maximum absolute atomic E-state index is 12.9. The van der Waals surface area contributed by atoms with Crippen LogP contribution in [0.2, 0.25) is 0 Å². The van der Waals surface area contributed by atoms with Crippen LogP contribution in [0, 0.1) is 17.7 Å². The fourth-order valence-electron chi connectivity index (χ4n) is 3.64. The monoisotopic (exact) mass is 369 g/mol. The van der Waals surface area contributed by atoms with Gasteiger partial charge >= 0.3 is 0 Å². The van der Waals surface area contributed by atoms with Crippen molar-refractivity contribution < 1.29 is 14.0 Å². The van der Waals surface area contributed by atoms with Gasteiger partial charge in [-0.25, -0.2) is 4.39 Å². The second-order valence-electron chi connectivity index (χ2n) is 6.87. The Morgan fingerprint density at radius 1 is 1.04 bits per heavy atom. The molecule has 1 aliphatic carbocycles. The van der Waals surface area contributed by atoms with Gasteiger partial charge in [-0.2, -0.15) is 0 Å². The average Bonchev–Trinajstić information content (AvgIpc) is 3.03. The minimum absolute atomic E-state index is 0. The Morgan fingerprint density at radius 3 is 2.24 bits per heavy atom. The fraction of sp³-hybridized carbons (Fsp3) is 0.556. The molecule has 138 valence electrons. The molecule has 1 saturated carbocycles. The maximum Gasteiger partial charge on any atom is 0.227 e. The van der Waals surface area contributed by atoms with Gasteiger partial charge in [0.25, 0.3) is 0 Å². The summed E-state index contributed by atoms with van der Waals surface area (Å²) in [7, 11) is 0. The minimum Gasteiger partial charge on any atom is -0.342 e. The van der Waals surface area contributed by atoms with Gasteiger partial charge in [-0.05, 0) is 56.4 Å². The van der Waals surface area contributed by atoms with Crippen molar-refractivity contribution in [3.8, 4) is 0 Å². The van der Waals surface area contributed by atoms with Gasteiger partial charge < -0.3 is 16.0 Å². The lowest BCUT2D eigenvalue weighted by molar-refractivity contribution is -0.138. The predicted molar refractivity (Wildman–Crippen MR) is 96.9 cm³/mol. The summed E-state index contributed by atoms with van der Waals surface area (Å²) in [5.41, 5.74) is 6.49. The first-order valence-electron chi connectivity index (χ1n) is 8.63. The Morgan fingerprint density at radius 2 is 1.68 bits per heavy atom. The number of benzene rings is 1. The quantitative estimate of drug-likeness (QED) is 0.859. The number of amides is 2. The van der Waals surface area contributed by atoms with E-state index in [2.05, 4.69) is 5.32 Å². The second kappa shape index (κ2) is 8.63. The van der Waals surface area contributed by atoms with Crippen LogP contribution in [0.5, 0.6) is 0 Å². The summed E-state index contributed by atoms with van der Waals surface area (Å²) < 4.78 is 12.9. The zero-order chi connectivity index (χ0) is 17.1. The Balaban J connectivity index is 0.00000225. The Hall–Kier alpha value is -1.66. The van der Waals surface area contributed by atoms with Crippen LogP contribution in [0.3, 0.4) is 0 Å². The zero-order valence-corrected chi connectivity index (χ0v) is 14.9. The van der Waals surface area contributed by atoms with Crippen LogP contribution >= 0.6 is 12.4 Å². The first-order chi connectivity index (χ1) is 11.5. The fourth-order valence-corrected chi connectivity index (χ4v) is 3.64. The molecule has 0 aromatic heterocycles. The van der Waals surface area contributed by atoms with E-state index in [0.29, 0.717) is 31.6 Å². The zero-order valence-electron chi connectivity index (χ0n) is 14.1. The van der Waals surface area contributed by atoms with E-state index in [4.69, 9.17) is 5.73 Å². The van der Waals surface area contributed by atoms with E-state index >= 15 is 0 Å². The largest absolute Gasteiger partial charge is 0.342 e. The normalized spacial score (nSPS) is 23.8. The molecule has 3 N–H and O–H groups in total. The van der Waals surface area contributed by atoms with Gasteiger partial charge in [-0.3, -0.25) is 9.59 Å². The molecule has 2 unspecified atom stereocenters. The number of anilines is 1. The lowest BCUT2D eigenvalue weighted by atomic mass is 9.94. The summed E-state index contributed by atoms with van der Waals surface area (Å²) >= 11 is 0. The van der Waals surface area contributed by atoms with E-state index < -0.39 is 0 Å². The number of nitrogens with zero attached hydrogens (tertiary/aromatic N) is 1. The number of halogens is 2. The van der Waals surface area contributed by atoms with Crippen molar-refractivity contribution in [2.45, 2.75) is 38.1 Å². The SMILES string of the molecule is Cl.NC1CCC(C(=O)N2CCC(C(=O)Nc3ccc(F)cc3)CC2)C1. The Kier molecular flexibility index (Phi) is 6.79. The maximum atomic E-state index is 12.9. The summed E-state index contributed by atoms with van der Waals surface area (Å²) in [6.45, 7) is 1.23. The molecule has 2 atom stereocenters. The molecule has 7 heteroatoms. The van der Waals surface area contributed by atoms with Crippen LogP contribution in [0.4, 0.5) is 10.1 Å². The molecular formula is C18H25ClFN3O2. The van der Waals surface area contributed by atoms with E-state index in [1.54, 1.807) is 12.1 Å². The summed E-state index contributed by atoms with van der Waals surface area (Å²) in [6, 6.07) is 5.90. The standard InChI is InChI=1S/C18H24FN3O2.ClH/c19-14-2-5-16(6-3-14)21-17(23)12-7-9-22(10-8-12)18(24)13-1-4-15(20)11-13;/h2-3,5-6,12-13,15H,1,4,7-11,20H2,(H,21,23);1H. The van der Waals surface area contributed by atoms with Gasteiger partial charge in [-0.15, -0.1) is 12.4 Å². The third-order valence-corrected chi connectivity index (χ3v) is 5.11. The van der Waals surface area contributed by atoms with Crippen molar-refractivity contribution in [1.29, 1.82) is 0 Å². The number of rotatable bonds is 3. The third-order valence-electron chi connectivity index (χ3n) is 5.11. The number of nitrogens with one attached hydrogen (secondary N) is 1. The highest BCUT2D eigenvalue weighted by atomic mass is 35.5. The molecule has 0 spiro atoms. The molecule has 1 aromatic rings. The van der Waals surface area contributed by atoms with E-state index in [0.717, 1.165) is 19.3 Å². The first-order valence-corrected chi connectivity index (χ1v) is 8.63. The molecule has 5 nitrogen and oxygen atoms in total. The summed E-state index contributed by atoms with van der Waals surface area (Å²) in [5.74, 6) is -0.238. The van der Waals surface area contributed by atoms with Crippen LogP contribution in [-0.2, 0) is 9.59 Å². The van der Waals surface area contributed by atoms with Crippen molar-refractivity contribution in [2.24, 2.45) is 17.6 Å². The number of carbonyl (C=O) groups excluding carboxylic acids is 2. The van der Waals surface area contributed by atoms with Crippen molar-refractivity contribution in [2.75, 3.05) is 18.4 Å². The number of carbonyl (C=O) groups is 2. The highest BCUT2D eigenvalue weighted by Gasteiger charge is 2.34. The van der Waals surface area contributed by atoms with Crippen LogP contribution < -0.4 is 11.1 Å². The lowest BCUT2D eigenvalue weighted by Crippen LogP contribution is -2.43. The molecule has 25 heavy (non-hydrogen) atoms. The summed E-state index contributed by atoms with van der Waals surface area (Å²) in [6.07, 6.45) is 3.91. The third kappa shape index (κ3) is 4.92. The smallest absolute Gasteiger partial charge is 0.227 e. The van der Waals surface area contributed by atoms with Crippen LogP contribution in [0.25, 0.3) is 0 Å². The number of likely N-dealkylation sites (tertiary alicyclic amines) is 1. The van der Waals surface area contributed by atoms with Crippen molar-refractivity contribution in [3.05, 3.63) is 30.1 Å². The van der Waals surface area contributed by atoms with Gasteiger partial charge in [0.15, 0.2) is 0 Å². The number of hydrogen-bond acceptors (Lipinski definition) is 3. The molecule has 1 saturated heterocycles. The van der Waals surface area contributed by atoms with Gasteiger partial charge in [0, 0.05) is 36.7 Å². The van der Waals surface area contributed by atoms with Gasteiger partial charge in [0.1, 0.15) is 5.82 Å². The highest BCUT2D eigenvalue weighted by molar-refractivity contribution is 5.92. The van der Waals surface area contributed by atoms with Crippen molar-refractivity contribution in [3.63, 3.8) is 0 Å². The average molecular weight is 370 g/mol. The van der Waals surface area contributed by atoms with Crippen LogP contribution in [0.1, 0.15) is 32.1 Å². The molecule has 1 aromatic carbocycles. The number of piperidine rings is 1. The van der Waals surface area contributed by atoms with Crippen molar-refractivity contribution in [1.82, 2.24) is 4.90 Å². The minimum atomic E-state index is -0.327. The first kappa shape index (κ1) is 19.7. The molecule has 2 fully saturated rings. The topological polar surface area (TPSA) is 75.4 Å². The highest BCUT2D eigenvalue weighted by Crippen LogP contribution is 2.28. The molecule has 1 heterocycles. The molecule has 1 aliphatic heterocycles. The Bertz CT molecular complexity index is 603. The van der Waals surface area contributed by atoms with E-state index in [-0.39, 0.29) is 47.9 Å². The second-order valence-corrected chi connectivity index (χ2v) is 6.87. The summed E-state index contributed by atoms with van der Waals surface area (Å²) in [4.78, 5) is 26.7. The molecular weight excluding hydrogens is 345 g/mol. The van der Waals surface area contributed by atoms with E-state index in [1.165, 1.54) is 12.1 Å².